The van der Waals surface area contributed by atoms with E-state index < -0.39 is 0 Å². The van der Waals surface area contributed by atoms with Crippen molar-refractivity contribution >= 4 is 17.4 Å². The molecule has 2 aromatic rings. The maximum atomic E-state index is 11.6. The summed E-state index contributed by atoms with van der Waals surface area (Å²) in [6.07, 6.45) is 5.90. The van der Waals surface area contributed by atoms with Crippen LogP contribution in [-0.2, 0) is 0 Å². The van der Waals surface area contributed by atoms with E-state index in [1.54, 1.807) is 17.0 Å². The number of aromatic amines is 1. The highest BCUT2D eigenvalue weighted by molar-refractivity contribution is 8.00. The Kier molecular flexibility index (Phi) is 3.87. The summed E-state index contributed by atoms with van der Waals surface area (Å²) in [6.45, 7) is 2.29. The van der Waals surface area contributed by atoms with Gasteiger partial charge < -0.3 is 10.3 Å². The number of nitrogens with zero attached hydrogens (tertiary/aromatic N) is 1. The van der Waals surface area contributed by atoms with Gasteiger partial charge >= 0.3 is 5.69 Å². The molecule has 106 valence electrons. The second kappa shape index (κ2) is 5.79. The molecule has 0 spiro atoms. The maximum Gasteiger partial charge on any atom is 0.330 e. The molecule has 1 aliphatic heterocycles. The van der Waals surface area contributed by atoms with E-state index in [0.717, 1.165) is 11.4 Å². The number of hydrogen-bond donors (Lipinski definition) is 2. The highest BCUT2D eigenvalue weighted by Crippen LogP contribution is 2.27. The molecular formula is C15H19N3OS. The minimum Gasteiger partial charge on any atom is -0.381 e. The Morgan fingerprint density at radius 2 is 2.15 bits per heavy atom. The van der Waals surface area contributed by atoms with Gasteiger partial charge in [0, 0.05) is 29.4 Å². The van der Waals surface area contributed by atoms with Gasteiger partial charge in [-0.15, -0.1) is 0 Å². The Labute approximate surface area is 122 Å². The normalized spacial score (nSPS) is 22.6. The van der Waals surface area contributed by atoms with Gasteiger partial charge in [0.2, 0.25) is 0 Å². The van der Waals surface area contributed by atoms with Gasteiger partial charge in [-0.3, -0.25) is 4.57 Å². The number of benzene rings is 1. The summed E-state index contributed by atoms with van der Waals surface area (Å²) in [5.74, 6) is 1.27. The van der Waals surface area contributed by atoms with Crippen LogP contribution in [0.15, 0.2) is 41.5 Å². The second-order valence-corrected chi connectivity index (χ2v) is 6.64. The maximum absolute atomic E-state index is 11.6. The summed E-state index contributed by atoms with van der Waals surface area (Å²) in [4.78, 5) is 14.2. The Balaban J connectivity index is 1.73. The van der Waals surface area contributed by atoms with Gasteiger partial charge in [0.15, 0.2) is 0 Å². The third kappa shape index (κ3) is 2.77. The van der Waals surface area contributed by atoms with Crippen molar-refractivity contribution in [2.75, 3.05) is 11.1 Å². The zero-order chi connectivity index (χ0) is 13.9. The first kappa shape index (κ1) is 13.4. The first-order valence-electron chi connectivity index (χ1n) is 6.98. The van der Waals surface area contributed by atoms with Gasteiger partial charge in [-0.25, -0.2) is 4.79 Å². The zero-order valence-electron chi connectivity index (χ0n) is 11.5. The molecule has 0 bridgehead atoms. The number of rotatable bonds is 3. The lowest BCUT2D eigenvalue weighted by Crippen LogP contribution is -2.32. The van der Waals surface area contributed by atoms with Crippen molar-refractivity contribution in [3.8, 4) is 5.69 Å². The van der Waals surface area contributed by atoms with Crippen LogP contribution in [0.5, 0.6) is 0 Å². The van der Waals surface area contributed by atoms with E-state index in [9.17, 15) is 4.79 Å². The van der Waals surface area contributed by atoms with Crippen LogP contribution < -0.4 is 11.0 Å². The van der Waals surface area contributed by atoms with E-state index >= 15 is 0 Å². The number of nitrogens with one attached hydrogen (secondary N) is 2. The number of hydrogen-bond acceptors (Lipinski definition) is 3. The SMILES string of the molecule is CC1SCCCC1Nc1ccc(-n2cc[nH]c2=O)cc1. The number of aromatic nitrogens is 2. The molecular weight excluding hydrogens is 270 g/mol. The van der Waals surface area contributed by atoms with Crippen LogP contribution in [0.2, 0.25) is 0 Å². The lowest BCUT2D eigenvalue weighted by atomic mass is 10.1. The molecule has 2 N–H and O–H groups in total. The first-order chi connectivity index (χ1) is 9.74. The fourth-order valence-electron chi connectivity index (χ4n) is 2.57. The van der Waals surface area contributed by atoms with Crippen molar-refractivity contribution in [3.63, 3.8) is 0 Å². The summed E-state index contributed by atoms with van der Waals surface area (Å²) in [5.41, 5.74) is 1.90. The fourth-order valence-corrected chi connectivity index (χ4v) is 3.71. The molecule has 1 aromatic heterocycles. The third-order valence-corrected chi connectivity index (χ3v) is 5.13. The van der Waals surface area contributed by atoms with Crippen LogP contribution in [0, 0.1) is 0 Å². The third-order valence-electron chi connectivity index (χ3n) is 3.75. The summed E-state index contributed by atoms with van der Waals surface area (Å²) in [5, 5.41) is 4.25. The molecule has 4 nitrogen and oxygen atoms in total. The smallest absolute Gasteiger partial charge is 0.330 e. The van der Waals surface area contributed by atoms with Crippen molar-refractivity contribution < 1.29 is 0 Å². The molecule has 1 aromatic carbocycles. The van der Waals surface area contributed by atoms with Crippen molar-refractivity contribution in [3.05, 3.63) is 47.1 Å². The predicted molar refractivity (Wildman–Crippen MR) is 85.0 cm³/mol. The molecule has 2 atom stereocenters. The van der Waals surface area contributed by atoms with Gasteiger partial charge in [-0.2, -0.15) is 11.8 Å². The molecule has 20 heavy (non-hydrogen) atoms. The monoisotopic (exact) mass is 289 g/mol. The van der Waals surface area contributed by atoms with Crippen LogP contribution in [0.1, 0.15) is 19.8 Å². The van der Waals surface area contributed by atoms with E-state index in [4.69, 9.17) is 0 Å². The molecule has 1 fully saturated rings. The summed E-state index contributed by atoms with van der Waals surface area (Å²) in [7, 11) is 0. The van der Waals surface area contributed by atoms with Gasteiger partial charge in [0.25, 0.3) is 0 Å². The van der Waals surface area contributed by atoms with Gasteiger partial charge in [0.1, 0.15) is 0 Å². The molecule has 3 rings (SSSR count). The Morgan fingerprint density at radius 1 is 1.35 bits per heavy atom. The number of anilines is 1. The second-order valence-electron chi connectivity index (χ2n) is 5.15. The molecule has 1 saturated heterocycles. The van der Waals surface area contributed by atoms with Crippen molar-refractivity contribution in [1.82, 2.24) is 9.55 Å². The molecule has 2 heterocycles. The number of thioether (sulfide) groups is 1. The summed E-state index contributed by atoms with van der Waals surface area (Å²) >= 11 is 2.04. The summed E-state index contributed by atoms with van der Waals surface area (Å²) in [6, 6.07) is 8.56. The molecule has 0 aliphatic carbocycles. The van der Waals surface area contributed by atoms with Crippen molar-refractivity contribution in [1.29, 1.82) is 0 Å². The fraction of sp³-hybridized carbons (Fsp3) is 0.400. The van der Waals surface area contributed by atoms with Crippen LogP contribution in [0.25, 0.3) is 5.69 Å². The van der Waals surface area contributed by atoms with E-state index in [-0.39, 0.29) is 5.69 Å². The number of imidazole rings is 1. The molecule has 0 amide bonds. The average Bonchev–Trinajstić information content (AvgIpc) is 2.89. The summed E-state index contributed by atoms with van der Waals surface area (Å²) < 4.78 is 1.60. The van der Waals surface area contributed by atoms with Gasteiger partial charge in [-0.05, 0) is 42.9 Å². The largest absolute Gasteiger partial charge is 0.381 e. The molecule has 0 saturated carbocycles. The van der Waals surface area contributed by atoms with Gasteiger partial charge in [-0.1, -0.05) is 6.92 Å². The minimum absolute atomic E-state index is 0.108. The molecule has 1 aliphatic rings. The molecule has 2 unspecified atom stereocenters. The highest BCUT2D eigenvalue weighted by Gasteiger charge is 2.21. The van der Waals surface area contributed by atoms with E-state index in [1.165, 1.54) is 18.6 Å². The molecule has 5 heteroatoms. The standard InChI is InChI=1S/C15H19N3OS/c1-11-14(3-2-10-20-11)17-12-4-6-13(7-5-12)18-9-8-16-15(18)19/h4-9,11,14,17H,2-3,10H2,1H3,(H,16,19). The van der Waals surface area contributed by atoms with E-state index in [1.807, 2.05) is 36.0 Å². The van der Waals surface area contributed by atoms with Crippen molar-refractivity contribution in [2.45, 2.75) is 31.1 Å². The zero-order valence-corrected chi connectivity index (χ0v) is 12.3. The molecule has 0 radical (unpaired) electrons. The Morgan fingerprint density at radius 3 is 2.80 bits per heavy atom. The van der Waals surface area contributed by atoms with Crippen LogP contribution in [0.3, 0.4) is 0 Å². The van der Waals surface area contributed by atoms with E-state index in [0.29, 0.717) is 11.3 Å². The lowest BCUT2D eigenvalue weighted by Gasteiger charge is -2.30. The van der Waals surface area contributed by atoms with Crippen LogP contribution in [0.4, 0.5) is 5.69 Å². The minimum atomic E-state index is -0.108. The number of H-pyrrole nitrogens is 1. The first-order valence-corrected chi connectivity index (χ1v) is 8.03. The Bertz CT molecular complexity index is 617. The topological polar surface area (TPSA) is 49.8 Å². The van der Waals surface area contributed by atoms with Gasteiger partial charge in [0.05, 0.1) is 5.69 Å². The van der Waals surface area contributed by atoms with E-state index in [2.05, 4.69) is 17.2 Å². The predicted octanol–water partition coefficient (Wildman–Crippen LogP) is 2.86. The lowest BCUT2D eigenvalue weighted by molar-refractivity contribution is 0.617. The highest BCUT2D eigenvalue weighted by atomic mass is 32.2. The average molecular weight is 289 g/mol. The van der Waals surface area contributed by atoms with Crippen LogP contribution >= 0.6 is 11.8 Å². The quantitative estimate of drug-likeness (QED) is 0.913. The van der Waals surface area contributed by atoms with Crippen LogP contribution in [-0.4, -0.2) is 26.6 Å². The Hall–Kier alpha value is -1.62. The van der Waals surface area contributed by atoms with Crippen molar-refractivity contribution in [2.24, 2.45) is 0 Å².